The molecule has 6 rings (SSSR count). The zero-order valence-electron chi connectivity index (χ0n) is 18.7. The van der Waals surface area contributed by atoms with Crippen LogP contribution in [0, 0.1) is 5.92 Å². The van der Waals surface area contributed by atoms with Crippen molar-refractivity contribution in [3.8, 4) is 16.9 Å². The van der Waals surface area contributed by atoms with E-state index < -0.39 is 11.4 Å². The van der Waals surface area contributed by atoms with Gasteiger partial charge < -0.3 is 14.2 Å². The van der Waals surface area contributed by atoms with E-state index in [2.05, 4.69) is 24.2 Å². The topological polar surface area (TPSA) is 73.7 Å². The number of carbonyl (C=O) groups is 1. The van der Waals surface area contributed by atoms with E-state index in [4.69, 9.17) is 4.74 Å². The summed E-state index contributed by atoms with van der Waals surface area (Å²) in [4.78, 5) is 15.2. The number of rotatable bonds is 5. The number of anilines is 2. The lowest BCUT2D eigenvalue weighted by Gasteiger charge is -2.38. The predicted octanol–water partition coefficient (Wildman–Crippen LogP) is 3.67. The fourth-order valence-corrected chi connectivity index (χ4v) is 5.98. The monoisotopic (exact) mass is 454 g/mol. The molecule has 2 unspecified atom stereocenters. The van der Waals surface area contributed by atoms with Crippen LogP contribution in [0.5, 0.6) is 5.75 Å². The standard InChI is InChI=1S/C24H30N4O3S/c1-15-6-9-19-21(28(15)24(29)16-7-8-16)11-10-18(22(19)31-17-4-3-5-17)20-14-25-26-12-13-27(23(20)26)32(2)30/h10-11,14-17H,3-9,12-13H2,1-2H3. The molecule has 32 heavy (non-hydrogen) atoms. The Morgan fingerprint density at radius 2 is 1.97 bits per heavy atom. The van der Waals surface area contributed by atoms with Crippen molar-refractivity contribution < 1.29 is 14.1 Å². The third-order valence-electron chi connectivity index (χ3n) is 7.41. The predicted molar refractivity (Wildman–Crippen MR) is 125 cm³/mol. The van der Waals surface area contributed by atoms with Crippen molar-refractivity contribution >= 4 is 28.8 Å². The maximum atomic E-state index is 13.2. The van der Waals surface area contributed by atoms with E-state index >= 15 is 0 Å². The van der Waals surface area contributed by atoms with Crippen LogP contribution in [0.1, 0.15) is 51.0 Å². The zero-order chi connectivity index (χ0) is 22.0. The summed E-state index contributed by atoms with van der Waals surface area (Å²) in [5.41, 5.74) is 4.12. The Balaban J connectivity index is 1.48. The smallest absolute Gasteiger partial charge is 0.230 e. The van der Waals surface area contributed by atoms with Crippen LogP contribution in [0.25, 0.3) is 11.1 Å². The molecule has 3 heterocycles. The summed E-state index contributed by atoms with van der Waals surface area (Å²) >= 11 is -1.11. The molecule has 2 aliphatic heterocycles. The number of aromatic nitrogens is 2. The van der Waals surface area contributed by atoms with Crippen LogP contribution in [-0.4, -0.2) is 45.2 Å². The quantitative estimate of drug-likeness (QED) is 0.645. The summed E-state index contributed by atoms with van der Waals surface area (Å²) in [6.07, 6.45) is 11.0. The lowest BCUT2D eigenvalue weighted by molar-refractivity contribution is -0.120. The van der Waals surface area contributed by atoms with Crippen LogP contribution in [0.2, 0.25) is 0 Å². The second kappa shape index (κ2) is 7.70. The molecule has 0 bridgehead atoms. The van der Waals surface area contributed by atoms with Crippen LogP contribution in [-0.2, 0) is 29.1 Å². The molecule has 2 fully saturated rings. The average molecular weight is 455 g/mol. The van der Waals surface area contributed by atoms with Crippen molar-refractivity contribution in [2.24, 2.45) is 5.92 Å². The van der Waals surface area contributed by atoms with Crippen LogP contribution < -0.4 is 13.9 Å². The van der Waals surface area contributed by atoms with Gasteiger partial charge in [0, 0.05) is 23.1 Å². The minimum atomic E-state index is -1.11. The van der Waals surface area contributed by atoms with Crippen molar-refractivity contribution in [1.82, 2.24) is 9.78 Å². The molecule has 0 spiro atoms. The van der Waals surface area contributed by atoms with Crippen LogP contribution in [0.3, 0.4) is 0 Å². The third kappa shape index (κ3) is 3.22. The minimum absolute atomic E-state index is 0.186. The van der Waals surface area contributed by atoms with Crippen molar-refractivity contribution in [2.75, 3.05) is 22.0 Å². The molecule has 1 aromatic carbocycles. The summed E-state index contributed by atoms with van der Waals surface area (Å²) in [5.74, 6) is 2.25. The minimum Gasteiger partial charge on any atom is -0.593 e. The number of ether oxygens (including phenoxy) is 1. The lowest BCUT2D eigenvalue weighted by Crippen LogP contribution is -2.43. The van der Waals surface area contributed by atoms with Gasteiger partial charge in [-0.05, 0) is 64.0 Å². The van der Waals surface area contributed by atoms with Crippen molar-refractivity contribution in [2.45, 2.75) is 70.6 Å². The van der Waals surface area contributed by atoms with E-state index in [0.717, 1.165) is 79.0 Å². The van der Waals surface area contributed by atoms with Gasteiger partial charge >= 0.3 is 0 Å². The van der Waals surface area contributed by atoms with E-state index in [-0.39, 0.29) is 24.0 Å². The molecule has 0 radical (unpaired) electrons. The highest BCUT2D eigenvalue weighted by Gasteiger charge is 2.40. The largest absolute Gasteiger partial charge is 0.593 e. The summed E-state index contributed by atoms with van der Waals surface area (Å²) in [5, 5.41) is 4.58. The number of benzene rings is 1. The van der Waals surface area contributed by atoms with E-state index in [1.54, 1.807) is 6.26 Å². The molecule has 1 aromatic heterocycles. The van der Waals surface area contributed by atoms with Crippen molar-refractivity contribution in [1.29, 1.82) is 0 Å². The van der Waals surface area contributed by atoms with Crippen LogP contribution >= 0.6 is 0 Å². The van der Waals surface area contributed by atoms with Crippen LogP contribution in [0.4, 0.5) is 11.5 Å². The van der Waals surface area contributed by atoms with E-state index in [1.807, 2.05) is 20.1 Å². The molecule has 0 N–H and O–H groups in total. The first-order chi connectivity index (χ1) is 15.5. The Morgan fingerprint density at radius 1 is 1.16 bits per heavy atom. The SMILES string of the molecule is CC1CCc2c(ccc(-c3cnn4c3N([S+](C)[O-])CC4)c2OC2CCC2)N1C(=O)C1CC1. The molecule has 0 saturated heterocycles. The Kier molecular flexibility index (Phi) is 4.91. The normalized spacial score (nSPS) is 23.5. The van der Waals surface area contributed by atoms with Gasteiger partial charge in [0.2, 0.25) is 5.91 Å². The average Bonchev–Trinajstić information content (AvgIpc) is 3.38. The first-order valence-corrected chi connectivity index (χ1v) is 13.4. The summed E-state index contributed by atoms with van der Waals surface area (Å²) < 4.78 is 22.9. The number of hydrogen-bond acceptors (Lipinski definition) is 5. The highest BCUT2D eigenvalue weighted by Crippen LogP contribution is 2.48. The van der Waals surface area contributed by atoms with E-state index in [1.165, 1.54) is 6.42 Å². The fraction of sp³-hybridized carbons (Fsp3) is 0.583. The number of amides is 1. The number of carbonyl (C=O) groups excluding carboxylic acids is 1. The maximum Gasteiger partial charge on any atom is 0.230 e. The molecular formula is C24H30N4O3S. The van der Waals surface area contributed by atoms with Gasteiger partial charge in [0.05, 0.1) is 48.0 Å². The van der Waals surface area contributed by atoms with Crippen molar-refractivity contribution in [3.05, 3.63) is 23.9 Å². The van der Waals surface area contributed by atoms with E-state index in [0.29, 0.717) is 6.54 Å². The van der Waals surface area contributed by atoms with Gasteiger partial charge in [-0.2, -0.15) is 9.40 Å². The summed E-state index contributed by atoms with van der Waals surface area (Å²) in [6, 6.07) is 4.39. The number of hydrogen-bond donors (Lipinski definition) is 0. The van der Waals surface area contributed by atoms with Gasteiger partial charge in [-0.3, -0.25) is 4.79 Å². The summed E-state index contributed by atoms with van der Waals surface area (Å²) in [6.45, 7) is 3.59. The lowest BCUT2D eigenvalue weighted by atomic mass is 9.90. The molecular weight excluding hydrogens is 424 g/mol. The van der Waals surface area contributed by atoms with Gasteiger partial charge in [-0.25, -0.2) is 4.68 Å². The van der Waals surface area contributed by atoms with Gasteiger partial charge in [0.25, 0.3) is 0 Å². The highest BCUT2D eigenvalue weighted by molar-refractivity contribution is 7.92. The zero-order valence-corrected chi connectivity index (χ0v) is 19.6. The van der Waals surface area contributed by atoms with Gasteiger partial charge in [-0.15, -0.1) is 0 Å². The first-order valence-electron chi connectivity index (χ1n) is 11.9. The first kappa shape index (κ1) is 20.4. The highest BCUT2D eigenvalue weighted by atomic mass is 32.2. The molecule has 4 aliphatic rings. The maximum absolute atomic E-state index is 13.2. The molecule has 2 aromatic rings. The Labute approximate surface area is 192 Å². The molecule has 2 atom stereocenters. The second-order valence-electron chi connectivity index (χ2n) is 9.61. The summed E-state index contributed by atoms with van der Waals surface area (Å²) in [7, 11) is 0. The Morgan fingerprint density at radius 3 is 2.66 bits per heavy atom. The second-order valence-corrected chi connectivity index (χ2v) is 10.9. The molecule has 7 nitrogen and oxygen atoms in total. The molecule has 1 amide bonds. The fourth-order valence-electron chi connectivity index (χ4n) is 5.21. The molecule has 8 heteroatoms. The molecule has 170 valence electrons. The van der Waals surface area contributed by atoms with E-state index in [9.17, 15) is 9.35 Å². The van der Waals surface area contributed by atoms with Gasteiger partial charge in [-0.1, -0.05) is 0 Å². The number of fused-ring (bicyclic) bond motifs is 2. The Hall–Kier alpha value is -2.19. The molecule has 2 saturated carbocycles. The van der Waals surface area contributed by atoms with Crippen LogP contribution in [0.15, 0.2) is 18.3 Å². The van der Waals surface area contributed by atoms with Gasteiger partial charge in [0.1, 0.15) is 12.0 Å². The third-order valence-corrected chi connectivity index (χ3v) is 8.39. The van der Waals surface area contributed by atoms with Crippen molar-refractivity contribution in [3.63, 3.8) is 0 Å². The van der Waals surface area contributed by atoms with Gasteiger partial charge in [0.15, 0.2) is 5.82 Å². The Bertz CT molecular complexity index is 1060. The number of nitrogens with zero attached hydrogens (tertiary/aromatic N) is 4. The molecule has 2 aliphatic carbocycles.